The topological polar surface area (TPSA) is 79.2 Å². The van der Waals surface area contributed by atoms with Crippen molar-refractivity contribution in [2.75, 3.05) is 6.61 Å². The summed E-state index contributed by atoms with van der Waals surface area (Å²) in [6.45, 7) is 9.88. The molecule has 14 atom stereocenters. The average molecular weight is 449 g/mol. The maximum absolute atomic E-state index is 11.8. The molecule has 1 spiro atoms. The molecule has 0 aromatic rings. The number of hydrogen-bond donors (Lipinski definition) is 3. The van der Waals surface area contributed by atoms with Gasteiger partial charge in [0.2, 0.25) is 0 Å². The minimum absolute atomic E-state index is 0.0817. The van der Waals surface area contributed by atoms with E-state index in [9.17, 15) is 15.3 Å². The number of ether oxygens (including phenoxy) is 2. The van der Waals surface area contributed by atoms with Gasteiger partial charge in [-0.1, -0.05) is 27.7 Å². The molecule has 6 rings (SSSR count). The van der Waals surface area contributed by atoms with Gasteiger partial charge in [0.1, 0.15) is 0 Å². The Morgan fingerprint density at radius 1 is 0.875 bits per heavy atom. The molecule has 0 amide bonds. The molecule has 32 heavy (non-hydrogen) atoms. The molecule has 0 unspecified atom stereocenters. The van der Waals surface area contributed by atoms with Crippen LogP contribution in [0.1, 0.15) is 79.1 Å². The highest BCUT2D eigenvalue weighted by Crippen LogP contribution is 2.71. The zero-order valence-electron chi connectivity index (χ0n) is 20.4. The lowest BCUT2D eigenvalue weighted by Crippen LogP contribution is -2.61. The maximum atomic E-state index is 11.8. The Bertz CT molecular complexity index is 748. The number of aliphatic hydroxyl groups excluding tert-OH is 3. The van der Waals surface area contributed by atoms with Crippen molar-refractivity contribution in [3.63, 3.8) is 0 Å². The molecule has 5 heteroatoms. The van der Waals surface area contributed by atoms with Crippen LogP contribution in [0.2, 0.25) is 0 Å². The average Bonchev–Trinajstić information content (AvgIpc) is 3.16. The third-order valence-electron chi connectivity index (χ3n) is 12.0. The number of hydrogen-bond acceptors (Lipinski definition) is 5. The third-order valence-corrected chi connectivity index (χ3v) is 12.0. The van der Waals surface area contributed by atoms with Gasteiger partial charge in [-0.25, -0.2) is 0 Å². The largest absolute Gasteiger partial charge is 0.393 e. The summed E-state index contributed by atoms with van der Waals surface area (Å²) < 4.78 is 13.1. The predicted octanol–water partition coefficient (Wildman–Crippen LogP) is 3.74. The molecule has 0 radical (unpaired) electrons. The summed E-state index contributed by atoms with van der Waals surface area (Å²) in [6.07, 6.45) is 6.52. The van der Waals surface area contributed by atoms with Crippen LogP contribution in [0.3, 0.4) is 0 Å². The highest BCUT2D eigenvalue weighted by atomic mass is 16.7. The number of aliphatic hydroxyl groups is 3. The summed E-state index contributed by atoms with van der Waals surface area (Å²) in [5.41, 5.74) is -0.170. The zero-order valence-corrected chi connectivity index (χ0v) is 20.4. The van der Waals surface area contributed by atoms with E-state index < -0.39 is 18.0 Å². The van der Waals surface area contributed by atoms with Crippen molar-refractivity contribution >= 4 is 0 Å². The van der Waals surface area contributed by atoms with E-state index in [0.29, 0.717) is 23.7 Å². The fraction of sp³-hybridized carbons (Fsp3) is 1.00. The van der Waals surface area contributed by atoms with Crippen molar-refractivity contribution in [2.45, 2.75) is 109 Å². The molecule has 6 fully saturated rings. The van der Waals surface area contributed by atoms with E-state index in [1.807, 2.05) is 0 Å². The minimum Gasteiger partial charge on any atom is -0.393 e. The molecule has 4 saturated carbocycles. The summed E-state index contributed by atoms with van der Waals surface area (Å²) in [5, 5.41) is 33.9. The molecule has 2 aliphatic heterocycles. The van der Waals surface area contributed by atoms with Gasteiger partial charge in [-0.2, -0.15) is 0 Å². The van der Waals surface area contributed by atoms with Crippen molar-refractivity contribution in [3.05, 3.63) is 0 Å². The van der Waals surface area contributed by atoms with Crippen LogP contribution in [-0.4, -0.2) is 52.1 Å². The van der Waals surface area contributed by atoms with Crippen LogP contribution in [0.15, 0.2) is 0 Å². The monoisotopic (exact) mass is 448 g/mol. The molecule has 5 nitrogen and oxygen atoms in total. The lowest BCUT2D eigenvalue weighted by atomic mass is 9.43. The Labute approximate surface area is 193 Å². The van der Waals surface area contributed by atoms with Crippen molar-refractivity contribution < 1.29 is 24.8 Å². The Morgan fingerprint density at radius 2 is 1.66 bits per heavy atom. The van der Waals surface area contributed by atoms with Gasteiger partial charge in [0.25, 0.3) is 0 Å². The SMILES string of the molecule is C[C@@H]1CC[C@@]2(OC1)O[C@H]1[C@H](O)[C@H]3[C@@H]4CC[C@H]5C[C@@H](O)CC[C@]5(C)[C@H]4C[C@@H](O)[C@@]3(C)[C@H]1[C@@H]2C. The van der Waals surface area contributed by atoms with Crippen molar-refractivity contribution in [2.24, 2.45) is 52.3 Å². The second kappa shape index (κ2) is 7.16. The molecule has 6 aliphatic rings. The van der Waals surface area contributed by atoms with Crippen LogP contribution in [0.4, 0.5) is 0 Å². The zero-order chi connectivity index (χ0) is 22.6. The molecule has 2 saturated heterocycles. The molecule has 0 aromatic heterocycles. The lowest BCUT2D eigenvalue weighted by molar-refractivity contribution is -0.284. The predicted molar refractivity (Wildman–Crippen MR) is 121 cm³/mol. The summed E-state index contributed by atoms with van der Waals surface area (Å²) in [4.78, 5) is 0. The van der Waals surface area contributed by atoms with Gasteiger partial charge in [0.15, 0.2) is 5.79 Å². The van der Waals surface area contributed by atoms with Gasteiger partial charge in [0, 0.05) is 23.7 Å². The second-order valence-corrected chi connectivity index (χ2v) is 13.3. The van der Waals surface area contributed by atoms with Crippen molar-refractivity contribution in [3.8, 4) is 0 Å². The fourth-order valence-electron chi connectivity index (χ4n) is 10.2. The third kappa shape index (κ3) is 2.69. The summed E-state index contributed by atoms with van der Waals surface area (Å²) in [6, 6.07) is 0. The molecular formula is C27H44O5. The van der Waals surface area contributed by atoms with Crippen LogP contribution in [0.5, 0.6) is 0 Å². The van der Waals surface area contributed by atoms with Crippen LogP contribution in [-0.2, 0) is 9.47 Å². The number of rotatable bonds is 0. The standard InChI is InChI=1S/C27H44O5/c1-14-7-10-27(31-13-14)15(2)21-24(32-27)23(30)22-18-6-5-16-11-17(28)8-9-25(16,3)19(18)12-20(29)26(21,22)4/h14-24,28-30H,5-13H2,1-4H3/t14-,15+,16+,17+,18-,19+,20-,21+,22-,23-,24-,25+,26+,27-/m1/s1. The quantitative estimate of drug-likeness (QED) is 0.526. The minimum atomic E-state index is -0.587. The lowest BCUT2D eigenvalue weighted by Gasteiger charge is -2.62. The summed E-state index contributed by atoms with van der Waals surface area (Å²) in [5.74, 6) is 1.74. The maximum Gasteiger partial charge on any atom is 0.171 e. The normalized spacial score (nSPS) is 64.0. The number of fused-ring (bicyclic) bond motifs is 7. The van der Waals surface area contributed by atoms with Gasteiger partial charge in [-0.05, 0) is 80.0 Å². The summed E-state index contributed by atoms with van der Waals surface area (Å²) in [7, 11) is 0. The Hall–Kier alpha value is -0.200. The van der Waals surface area contributed by atoms with E-state index in [-0.39, 0.29) is 40.8 Å². The first-order chi connectivity index (χ1) is 15.1. The fourth-order valence-corrected chi connectivity index (χ4v) is 10.2. The molecule has 0 aromatic carbocycles. The molecular weight excluding hydrogens is 404 g/mol. The molecule has 182 valence electrons. The Kier molecular flexibility index (Phi) is 4.99. The van der Waals surface area contributed by atoms with E-state index in [1.54, 1.807) is 0 Å². The first-order valence-corrected chi connectivity index (χ1v) is 13.5. The van der Waals surface area contributed by atoms with Gasteiger partial charge in [0.05, 0.1) is 31.0 Å². The first kappa shape index (κ1) is 22.3. The van der Waals surface area contributed by atoms with Crippen LogP contribution in [0.25, 0.3) is 0 Å². The first-order valence-electron chi connectivity index (χ1n) is 13.5. The molecule has 2 heterocycles. The molecule has 0 bridgehead atoms. The van der Waals surface area contributed by atoms with E-state index in [1.165, 1.54) is 0 Å². The smallest absolute Gasteiger partial charge is 0.171 e. The van der Waals surface area contributed by atoms with E-state index in [0.717, 1.165) is 58.0 Å². The van der Waals surface area contributed by atoms with Gasteiger partial charge < -0.3 is 24.8 Å². The van der Waals surface area contributed by atoms with E-state index >= 15 is 0 Å². The molecule has 4 aliphatic carbocycles. The highest BCUT2D eigenvalue weighted by Gasteiger charge is 2.74. The Morgan fingerprint density at radius 3 is 2.38 bits per heavy atom. The van der Waals surface area contributed by atoms with Crippen molar-refractivity contribution in [1.29, 1.82) is 0 Å². The highest BCUT2D eigenvalue weighted by molar-refractivity contribution is 5.20. The molecule has 3 N–H and O–H groups in total. The second-order valence-electron chi connectivity index (χ2n) is 13.3. The van der Waals surface area contributed by atoms with Crippen LogP contribution in [0, 0.1) is 52.3 Å². The van der Waals surface area contributed by atoms with Gasteiger partial charge in [-0.15, -0.1) is 0 Å². The van der Waals surface area contributed by atoms with Crippen LogP contribution < -0.4 is 0 Å². The van der Waals surface area contributed by atoms with Crippen molar-refractivity contribution in [1.82, 2.24) is 0 Å². The van der Waals surface area contributed by atoms with Gasteiger partial charge >= 0.3 is 0 Å². The Balaban J connectivity index is 1.33. The van der Waals surface area contributed by atoms with Crippen LogP contribution >= 0.6 is 0 Å². The van der Waals surface area contributed by atoms with Gasteiger partial charge in [-0.3, -0.25) is 0 Å². The summed E-state index contributed by atoms with van der Waals surface area (Å²) >= 11 is 0. The van der Waals surface area contributed by atoms with E-state index in [2.05, 4.69) is 27.7 Å². The van der Waals surface area contributed by atoms with E-state index in [4.69, 9.17) is 9.47 Å².